The Morgan fingerprint density at radius 2 is 2.10 bits per heavy atom. The fourth-order valence-electron chi connectivity index (χ4n) is 4.26. The summed E-state index contributed by atoms with van der Waals surface area (Å²) in [4.78, 5) is 13.5. The summed E-state index contributed by atoms with van der Waals surface area (Å²) in [5, 5.41) is 31.0. The maximum atomic E-state index is 13.5. The van der Waals surface area contributed by atoms with Gasteiger partial charge in [0.25, 0.3) is 0 Å². The lowest BCUT2D eigenvalue weighted by Gasteiger charge is -2.43. The lowest BCUT2D eigenvalue weighted by molar-refractivity contribution is -0.0802. The van der Waals surface area contributed by atoms with Crippen LogP contribution in [0, 0.1) is 0 Å². The van der Waals surface area contributed by atoms with Crippen molar-refractivity contribution in [1.82, 2.24) is 0 Å². The number of carbonyl (C=O) groups is 1. The van der Waals surface area contributed by atoms with E-state index >= 15 is 0 Å². The number of Topliss-reactive ketones (excluding diaryl/α,β-unsaturated/α-hetero) is 1. The number of benzene rings is 2. The predicted octanol–water partition coefficient (Wildman–Crippen LogP) is 1.48. The molecule has 3 aliphatic rings. The van der Waals surface area contributed by atoms with Gasteiger partial charge in [0.15, 0.2) is 23.2 Å². The largest absolute Gasteiger partial charge is 0.504 e. The molecule has 0 bridgehead atoms. The average molecular weight is 412 g/mol. The van der Waals surface area contributed by atoms with Crippen LogP contribution in [0.1, 0.15) is 21.5 Å². The normalized spacial score (nSPS) is 25.6. The molecule has 8 nitrogen and oxygen atoms in total. The van der Waals surface area contributed by atoms with Crippen molar-refractivity contribution in [2.24, 2.45) is 0 Å². The molecule has 2 aromatic carbocycles. The number of hydrogen-bond acceptors (Lipinski definition) is 8. The van der Waals surface area contributed by atoms with Crippen LogP contribution in [0.15, 0.2) is 36.4 Å². The molecule has 2 aromatic rings. The molecule has 3 heterocycles. The molecule has 5 rings (SSSR count). The van der Waals surface area contributed by atoms with Crippen molar-refractivity contribution in [2.45, 2.75) is 24.2 Å². The van der Waals surface area contributed by atoms with Gasteiger partial charge in [0.2, 0.25) is 5.78 Å². The first-order valence-electron chi connectivity index (χ1n) is 9.47. The Morgan fingerprint density at radius 3 is 2.83 bits per heavy atom. The van der Waals surface area contributed by atoms with Crippen LogP contribution in [0.2, 0.25) is 0 Å². The molecule has 3 N–H and O–H groups in total. The van der Waals surface area contributed by atoms with E-state index in [0.29, 0.717) is 29.1 Å². The van der Waals surface area contributed by atoms with Gasteiger partial charge in [0.05, 0.1) is 19.3 Å². The van der Waals surface area contributed by atoms with Crippen molar-refractivity contribution in [1.29, 1.82) is 0 Å². The Hall–Kier alpha value is -3.23. The zero-order chi connectivity index (χ0) is 21.2. The van der Waals surface area contributed by atoms with Gasteiger partial charge in [0, 0.05) is 23.6 Å². The van der Waals surface area contributed by atoms with Crippen molar-refractivity contribution in [3.05, 3.63) is 53.1 Å². The van der Waals surface area contributed by atoms with Gasteiger partial charge in [0.1, 0.15) is 30.0 Å². The van der Waals surface area contributed by atoms with E-state index in [0.717, 1.165) is 0 Å². The molecule has 0 radical (unpaired) electrons. The minimum atomic E-state index is -2.02. The quantitative estimate of drug-likeness (QED) is 0.650. The Labute approximate surface area is 171 Å². The first-order valence-corrected chi connectivity index (χ1v) is 9.47. The van der Waals surface area contributed by atoms with E-state index in [9.17, 15) is 20.1 Å². The third-order valence-corrected chi connectivity index (χ3v) is 5.93. The minimum Gasteiger partial charge on any atom is -0.504 e. The lowest BCUT2D eigenvalue weighted by Crippen LogP contribution is -2.57. The SMILES string of the molecule is C=C(CO)C1Cc2c(ccc3c2OC2COc4cc(OC)c(O)cc4C2(O)C3=O)O1. The molecule has 30 heavy (non-hydrogen) atoms. The van der Waals surface area contributed by atoms with Crippen LogP contribution < -0.4 is 18.9 Å². The highest BCUT2D eigenvalue weighted by molar-refractivity contribution is 6.07. The Balaban J connectivity index is 1.60. The van der Waals surface area contributed by atoms with Crippen LogP contribution in [-0.4, -0.2) is 53.6 Å². The van der Waals surface area contributed by atoms with Gasteiger partial charge in [-0.05, 0) is 23.8 Å². The van der Waals surface area contributed by atoms with Crippen LogP contribution in [0.4, 0.5) is 0 Å². The van der Waals surface area contributed by atoms with Crippen LogP contribution in [0.3, 0.4) is 0 Å². The van der Waals surface area contributed by atoms with Crippen molar-refractivity contribution < 1.29 is 39.1 Å². The second-order valence-corrected chi connectivity index (χ2v) is 7.58. The van der Waals surface area contributed by atoms with Crippen molar-refractivity contribution in [3.63, 3.8) is 0 Å². The maximum absolute atomic E-state index is 13.5. The first-order chi connectivity index (χ1) is 14.4. The summed E-state index contributed by atoms with van der Waals surface area (Å²) in [6, 6.07) is 5.90. The number of aromatic hydroxyl groups is 1. The van der Waals surface area contributed by atoms with E-state index in [1.54, 1.807) is 12.1 Å². The van der Waals surface area contributed by atoms with Crippen LogP contribution in [0.5, 0.6) is 28.7 Å². The van der Waals surface area contributed by atoms with Crippen molar-refractivity contribution >= 4 is 5.78 Å². The van der Waals surface area contributed by atoms with E-state index in [-0.39, 0.29) is 41.6 Å². The molecule has 3 unspecified atom stereocenters. The van der Waals surface area contributed by atoms with E-state index in [1.807, 2.05) is 0 Å². The smallest absolute Gasteiger partial charge is 0.206 e. The molecule has 0 saturated heterocycles. The Bertz CT molecular complexity index is 1090. The summed E-state index contributed by atoms with van der Waals surface area (Å²) in [5.41, 5.74) is -0.471. The third-order valence-electron chi connectivity index (χ3n) is 5.93. The van der Waals surface area contributed by atoms with Crippen molar-refractivity contribution in [3.8, 4) is 28.7 Å². The van der Waals surface area contributed by atoms with Gasteiger partial charge < -0.3 is 34.3 Å². The highest BCUT2D eigenvalue weighted by Crippen LogP contribution is 2.51. The third kappa shape index (κ3) is 2.37. The van der Waals surface area contributed by atoms with Gasteiger partial charge in [-0.25, -0.2) is 0 Å². The summed E-state index contributed by atoms with van der Waals surface area (Å²) in [6.45, 7) is 3.54. The van der Waals surface area contributed by atoms with Gasteiger partial charge in [-0.15, -0.1) is 0 Å². The number of ketones is 1. The van der Waals surface area contributed by atoms with Gasteiger partial charge in [-0.3, -0.25) is 4.79 Å². The van der Waals surface area contributed by atoms with Crippen molar-refractivity contribution in [2.75, 3.05) is 20.3 Å². The monoisotopic (exact) mass is 412 g/mol. The lowest BCUT2D eigenvalue weighted by atomic mass is 9.77. The topological polar surface area (TPSA) is 115 Å². The molecule has 0 spiro atoms. The standard InChI is InChI=1S/C22H20O8/c1-10(8-23)16-5-12-15(29-16)4-3-11-20(12)30-19-9-28-17-7-18(27-2)14(24)6-13(17)22(19,26)21(11)25/h3-4,6-7,16,19,23-24,26H,1,5,8-9H2,2H3. The zero-order valence-electron chi connectivity index (χ0n) is 16.2. The summed E-state index contributed by atoms with van der Waals surface area (Å²) in [6.07, 6.45) is -1.03. The molecule has 3 aliphatic heterocycles. The van der Waals surface area contributed by atoms with E-state index in [1.165, 1.54) is 19.2 Å². The summed E-state index contributed by atoms with van der Waals surface area (Å²) < 4.78 is 22.7. The number of phenolic OH excluding ortho intramolecular Hbond substituents is 1. The van der Waals surface area contributed by atoms with Crippen LogP contribution in [0.25, 0.3) is 0 Å². The van der Waals surface area contributed by atoms with Crippen LogP contribution >= 0.6 is 0 Å². The molecular formula is C22H20O8. The number of aliphatic hydroxyl groups is 2. The number of rotatable bonds is 3. The van der Waals surface area contributed by atoms with E-state index in [4.69, 9.17) is 18.9 Å². The van der Waals surface area contributed by atoms with Gasteiger partial charge >= 0.3 is 0 Å². The number of phenols is 1. The second-order valence-electron chi connectivity index (χ2n) is 7.58. The molecule has 0 aliphatic carbocycles. The second kappa shape index (κ2) is 6.38. The molecule has 156 valence electrons. The number of aliphatic hydroxyl groups excluding tert-OH is 1. The Morgan fingerprint density at radius 1 is 1.30 bits per heavy atom. The fraction of sp³-hybridized carbons (Fsp3) is 0.318. The zero-order valence-corrected chi connectivity index (χ0v) is 16.2. The molecule has 8 heteroatoms. The fourth-order valence-corrected chi connectivity index (χ4v) is 4.26. The molecule has 0 fully saturated rings. The summed E-state index contributed by atoms with van der Waals surface area (Å²) in [7, 11) is 1.40. The van der Waals surface area contributed by atoms with E-state index < -0.39 is 23.6 Å². The van der Waals surface area contributed by atoms with Gasteiger partial charge in [-0.1, -0.05) is 6.58 Å². The summed E-state index contributed by atoms with van der Waals surface area (Å²) in [5.74, 6) is 0.532. The average Bonchev–Trinajstić information content (AvgIpc) is 3.19. The number of hydrogen-bond donors (Lipinski definition) is 3. The molecular weight excluding hydrogens is 392 g/mol. The number of ether oxygens (including phenoxy) is 4. The molecule has 3 atom stereocenters. The maximum Gasteiger partial charge on any atom is 0.206 e. The van der Waals surface area contributed by atoms with Crippen LogP contribution in [-0.2, 0) is 12.0 Å². The highest BCUT2D eigenvalue weighted by Gasteiger charge is 2.56. The molecule has 0 aromatic heterocycles. The Kier molecular flexibility index (Phi) is 4.00. The summed E-state index contributed by atoms with van der Waals surface area (Å²) >= 11 is 0. The number of fused-ring (bicyclic) bond motifs is 6. The number of carbonyl (C=O) groups excluding carboxylic acids is 1. The molecule has 0 saturated carbocycles. The highest BCUT2D eigenvalue weighted by atomic mass is 16.6. The minimum absolute atomic E-state index is 0.0695. The first kappa shape index (κ1) is 18.8. The van der Waals surface area contributed by atoms with E-state index in [2.05, 4.69) is 6.58 Å². The van der Waals surface area contributed by atoms with Gasteiger partial charge in [-0.2, -0.15) is 0 Å². The number of methoxy groups -OCH3 is 1. The molecule has 0 amide bonds. The predicted molar refractivity (Wildman–Crippen MR) is 104 cm³/mol.